The number of aromatic nitrogens is 2. The summed E-state index contributed by atoms with van der Waals surface area (Å²) in [5, 5.41) is 0.990. The number of nitrogens with two attached hydrogens (primary N) is 1. The molecular weight excluding hydrogens is 269 g/mol. The third kappa shape index (κ3) is 2.42. The molecule has 0 unspecified atom stereocenters. The summed E-state index contributed by atoms with van der Waals surface area (Å²) in [6.07, 6.45) is 0.819. The molecule has 0 bridgehead atoms. The fourth-order valence-corrected chi connectivity index (χ4v) is 2.12. The molecule has 0 amide bonds. The van der Waals surface area contributed by atoms with Crippen LogP contribution < -0.4 is 5.73 Å². The molecule has 1 heterocycles. The normalized spacial score (nSPS) is 10.7. The Morgan fingerprint density at radius 1 is 1.17 bits per heavy atom. The molecule has 2 rings (SSSR count). The zero-order chi connectivity index (χ0) is 13.3. The van der Waals surface area contributed by atoms with E-state index >= 15 is 0 Å². The molecule has 1 aromatic carbocycles. The van der Waals surface area contributed by atoms with E-state index in [0.717, 1.165) is 23.2 Å². The molecule has 2 N–H and O–H groups in total. The Balaban J connectivity index is 2.54. The number of benzene rings is 1. The van der Waals surface area contributed by atoms with Crippen LogP contribution in [0.4, 0.5) is 5.82 Å². The monoisotopic (exact) mass is 281 g/mol. The molecule has 3 nitrogen and oxygen atoms in total. The number of halogens is 2. The third-order valence-electron chi connectivity index (χ3n) is 2.78. The van der Waals surface area contributed by atoms with E-state index in [1.54, 1.807) is 12.1 Å². The van der Waals surface area contributed by atoms with Crippen LogP contribution in [-0.2, 0) is 6.42 Å². The van der Waals surface area contributed by atoms with Crippen molar-refractivity contribution < 1.29 is 0 Å². The maximum Gasteiger partial charge on any atom is 0.161 e. The molecule has 0 atom stereocenters. The molecule has 0 saturated carbocycles. The van der Waals surface area contributed by atoms with Gasteiger partial charge in [0.25, 0.3) is 0 Å². The molecule has 5 heteroatoms. The van der Waals surface area contributed by atoms with Crippen LogP contribution in [0.5, 0.6) is 0 Å². The molecule has 0 saturated heterocycles. The van der Waals surface area contributed by atoms with Crippen LogP contribution in [0.15, 0.2) is 18.2 Å². The molecule has 0 fully saturated rings. The van der Waals surface area contributed by atoms with E-state index in [4.69, 9.17) is 28.9 Å². The van der Waals surface area contributed by atoms with Crippen LogP contribution in [0.1, 0.15) is 18.2 Å². The zero-order valence-electron chi connectivity index (χ0n) is 10.2. The van der Waals surface area contributed by atoms with Crippen LogP contribution in [0.2, 0.25) is 10.0 Å². The quantitative estimate of drug-likeness (QED) is 0.908. The van der Waals surface area contributed by atoms with Crippen LogP contribution in [0, 0.1) is 6.92 Å². The van der Waals surface area contributed by atoms with Gasteiger partial charge in [-0.1, -0.05) is 30.1 Å². The Labute approximate surface area is 116 Å². The smallest absolute Gasteiger partial charge is 0.161 e. The predicted octanol–water partition coefficient (Wildman–Crippen LogP) is 3.90. The van der Waals surface area contributed by atoms with Gasteiger partial charge in [0, 0.05) is 16.8 Å². The van der Waals surface area contributed by atoms with Crippen molar-refractivity contribution in [1.82, 2.24) is 9.97 Å². The lowest BCUT2D eigenvalue weighted by Gasteiger charge is -2.09. The van der Waals surface area contributed by atoms with Crippen LogP contribution in [0.3, 0.4) is 0 Å². The molecule has 1 aromatic heterocycles. The van der Waals surface area contributed by atoms with E-state index in [-0.39, 0.29) is 0 Å². The van der Waals surface area contributed by atoms with Crippen molar-refractivity contribution >= 4 is 29.0 Å². The maximum absolute atomic E-state index is 5.98. The number of nitrogens with zero attached hydrogens (tertiary/aromatic N) is 2. The number of aryl methyl sites for hydroxylation is 1. The summed E-state index contributed by atoms with van der Waals surface area (Å²) in [6, 6.07) is 5.29. The fourth-order valence-electron chi connectivity index (χ4n) is 1.82. The van der Waals surface area contributed by atoms with E-state index in [1.165, 1.54) is 0 Å². The lowest BCUT2D eigenvalue weighted by atomic mass is 10.1. The van der Waals surface area contributed by atoms with Crippen LogP contribution in [0.25, 0.3) is 11.4 Å². The molecule has 0 spiro atoms. The number of rotatable bonds is 2. The number of anilines is 1. The van der Waals surface area contributed by atoms with Crippen molar-refractivity contribution in [1.29, 1.82) is 0 Å². The van der Waals surface area contributed by atoms with Crippen molar-refractivity contribution in [2.45, 2.75) is 20.3 Å². The second kappa shape index (κ2) is 5.12. The summed E-state index contributed by atoms with van der Waals surface area (Å²) >= 11 is 11.9. The highest BCUT2D eigenvalue weighted by atomic mass is 35.5. The highest BCUT2D eigenvalue weighted by Crippen LogP contribution is 2.28. The van der Waals surface area contributed by atoms with Gasteiger partial charge in [0.15, 0.2) is 5.82 Å². The first kappa shape index (κ1) is 13.1. The van der Waals surface area contributed by atoms with Crippen LogP contribution >= 0.6 is 23.2 Å². The summed E-state index contributed by atoms with van der Waals surface area (Å²) < 4.78 is 0. The van der Waals surface area contributed by atoms with Gasteiger partial charge in [0.05, 0.1) is 10.0 Å². The Kier molecular flexibility index (Phi) is 3.73. The highest BCUT2D eigenvalue weighted by molar-refractivity contribution is 6.42. The Bertz CT molecular complexity index is 574. The summed E-state index contributed by atoms with van der Waals surface area (Å²) in [7, 11) is 0. The van der Waals surface area contributed by atoms with Gasteiger partial charge in [0.1, 0.15) is 5.82 Å². The minimum absolute atomic E-state index is 0.480. The molecule has 0 aliphatic heterocycles. The van der Waals surface area contributed by atoms with Crippen molar-refractivity contribution in [3.63, 3.8) is 0 Å². The average molecular weight is 282 g/mol. The summed E-state index contributed by atoms with van der Waals surface area (Å²) in [6.45, 7) is 3.96. The second-order valence-electron chi connectivity index (χ2n) is 3.98. The number of nitrogen functional groups attached to an aromatic ring is 1. The number of hydrogen-bond acceptors (Lipinski definition) is 3. The SMILES string of the molecule is CCc1c(C)nc(-c2ccc(Cl)c(Cl)c2)nc1N. The summed E-state index contributed by atoms with van der Waals surface area (Å²) in [4.78, 5) is 8.76. The van der Waals surface area contributed by atoms with E-state index in [0.29, 0.717) is 21.7 Å². The van der Waals surface area contributed by atoms with Gasteiger partial charge in [0.2, 0.25) is 0 Å². The van der Waals surface area contributed by atoms with E-state index in [2.05, 4.69) is 9.97 Å². The molecule has 94 valence electrons. The van der Waals surface area contributed by atoms with Gasteiger partial charge in [-0.2, -0.15) is 0 Å². The fraction of sp³-hybridized carbons (Fsp3) is 0.231. The first-order valence-corrected chi connectivity index (χ1v) is 6.37. The topological polar surface area (TPSA) is 51.8 Å². The lowest BCUT2D eigenvalue weighted by molar-refractivity contribution is 1.01. The summed E-state index contributed by atoms with van der Waals surface area (Å²) in [5.74, 6) is 1.09. The number of hydrogen-bond donors (Lipinski definition) is 1. The Morgan fingerprint density at radius 3 is 2.44 bits per heavy atom. The van der Waals surface area contributed by atoms with Gasteiger partial charge in [-0.05, 0) is 31.5 Å². The second-order valence-corrected chi connectivity index (χ2v) is 4.79. The van der Waals surface area contributed by atoms with Gasteiger partial charge in [-0.25, -0.2) is 9.97 Å². The van der Waals surface area contributed by atoms with Gasteiger partial charge < -0.3 is 5.73 Å². The minimum atomic E-state index is 0.480. The van der Waals surface area contributed by atoms with Crippen molar-refractivity contribution in [3.05, 3.63) is 39.5 Å². The zero-order valence-corrected chi connectivity index (χ0v) is 11.7. The predicted molar refractivity (Wildman–Crippen MR) is 76.0 cm³/mol. The highest BCUT2D eigenvalue weighted by Gasteiger charge is 2.10. The van der Waals surface area contributed by atoms with Gasteiger partial charge in [-0.15, -0.1) is 0 Å². The molecule has 0 aliphatic carbocycles. The maximum atomic E-state index is 5.98. The molecular formula is C13H13Cl2N3. The summed E-state index contributed by atoms with van der Waals surface area (Å²) in [5.41, 5.74) is 8.61. The largest absolute Gasteiger partial charge is 0.383 e. The molecule has 2 aromatic rings. The molecule has 18 heavy (non-hydrogen) atoms. The van der Waals surface area contributed by atoms with Crippen molar-refractivity contribution in [2.75, 3.05) is 5.73 Å². The average Bonchev–Trinajstić information content (AvgIpc) is 2.32. The Morgan fingerprint density at radius 2 is 1.89 bits per heavy atom. The van der Waals surface area contributed by atoms with Crippen molar-refractivity contribution in [2.24, 2.45) is 0 Å². The van der Waals surface area contributed by atoms with Crippen LogP contribution in [-0.4, -0.2) is 9.97 Å². The standard InChI is InChI=1S/C13H13Cl2N3/c1-3-9-7(2)17-13(18-12(9)16)8-4-5-10(14)11(15)6-8/h4-6H,3H2,1-2H3,(H2,16,17,18). The van der Waals surface area contributed by atoms with Crippen molar-refractivity contribution in [3.8, 4) is 11.4 Å². The first-order chi connectivity index (χ1) is 8.52. The van der Waals surface area contributed by atoms with Gasteiger partial charge in [-0.3, -0.25) is 0 Å². The van der Waals surface area contributed by atoms with E-state index in [9.17, 15) is 0 Å². The van der Waals surface area contributed by atoms with Gasteiger partial charge >= 0.3 is 0 Å². The van der Waals surface area contributed by atoms with E-state index < -0.39 is 0 Å². The Hall–Kier alpha value is -1.32. The third-order valence-corrected chi connectivity index (χ3v) is 3.52. The minimum Gasteiger partial charge on any atom is -0.383 e. The lowest BCUT2D eigenvalue weighted by Crippen LogP contribution is -2.04. The molecule has 0 radical (unpaired) electrons. The van der Waals surface area contributed by atoms with E-state index in [1.807, 2.05) is 19.9 Å². The molecule has 0 aliphatic rings. The first-order valence-electron chi connectivity index (χ1n) is 5.61.